The SMILES string of the molecule is S=C(NCC1(c2ccc(Cl)cc2)CCOCC1)Nc1ccc(N2CCCc3ccccc32)nc1. The molecule has 34 heavy (non-hydrogen) atoms. The molecule has 0 spiro atoms. The number of nitrogens with zero attached hydrogens (tertiary/aromatic N) is 2. The first-order valence-corrected chi connectivity index (χ1v) is 12.6. The molecular formula is C27H29ClN4OS. The van der Waals surface area contributed by atoms with Gasteiger partial charge in [0.15, 0.2) is 5.11 Å². The molecule has 0 bridgehead atoms. The van der Waals surface area contributed by atoms with Crippen molar-refractivity contribution in [2.24, 2.45) is 0 Å². The van der Waals surface area contributed by atoms with Crippen LogP contribution in [0.4, 0.5) is 17.2 Å². The number of nitrogens with one attached hydrogen (secondary N) is 2. The van der Waals surface area contributed by atoms with Gasteiger partial charge in [0.25, 0.3) is 0 Å². The van der Waals surface area contributed by atoms with Gasteiger partial charge in [0.2, 0.25) is 0 Å². The summed E-state index contributed by atoms with van der Waals surface area (Å²) in [5, 5.41) is 8.08. The lowest BCUT2D eigenvalue weighted by molar-refractivity contribution is 0.0515. The van der Waals surface area contributed by atoms with Gasteiger partial charge >= 0.3 is 0 Å². The minimum absolute atomic E-state index is 0.0294. The molecule has 1 saturated heterocycles. The van der Waals surface area contributed by atoms with E-state index in [0.29, 0.717) is 5.11 Å². The number of pyridine rings is 1. The Morgan fingerprint density at radius 3 is 2.62 bits per heavy atom. The highest BCUT2D eigenvalue weighted by atomic mass is 35.5. The van der Waals surface area contributed by atoms with Crippen LogP contribution in [0.5, 0.6) is 0 Å². The summed E-state index contributed by atoms with van der Waals surface area (Å²) in [6, 6.07) is 20.8. The minimum Gasteiger partial charge on any atom is -0.381 e. The normalized spacial score (nSPS) is 17.0. The van der Waals surface area contributed by atoms with Gasteiger partial charge in [-0.15, -0.1) is 0 Å². The summed E-state index contributed by atoms with van der Waals surface area (Å²) in [7, 11) is 0. The van der Waals surface area contributed by atoms with E-state index in [0.717, 1.165) is 68.5 Å². The van der Waals surface area contributed by atoms with Crippen LogP contribution in [-0.2, 0) is 16.6 Å². The van der Waals surface area contributed by atoms with Crippen LogP contribution in [0.25, 0.3) is 0 Å². The van der Waals surface area contributed by atoms with Gasteiger partial charge in [0.05, 0.1) is 11.9 Å². The van der Waals surface area contributed by atoms with Crippen molar-refractivity contribution >= 4 is 46.1 Å². The molecule has 176 valence electrons. The molecule has 3 heterocycles. The van der Waals surface area contributed by atoms with E-state index in [1.807, 2.05) is 24.4 Å². The zero-order valence-corrected chi connectivity index (χ0v) is 20.7. The molecule has 0 radical (unpaired) electrons. The van der Waals surface area contributed by atoms with Crippen molar-refractivity contribution < 1.29 is 4.74 Å². The van der Waals surface area contributed by atoms with Gasteiger partial charge in [-0.2, -0.15) is 0 Å². The van der Waals surface area contributed by atoms with E-state index >= 15 is 0 Å². The van der Waals surface area contributed by atoms with Gasteiger partial charge < -0.3 is 20.3 Å². The summed E-state index contributed by atoms with van der Waals surface area (Å²) in [6.45, 7) is 3.21. The highest BCUT2D eigenvalue weighted by Crippen LogP contribution is 2.35. The molecule has 2 aliphatic rings. The van der Waals surface area contributed by atoms with Crippen molar-refractivity contribution in [1.82, 2.24) is 10.3 Å². The van der Waals surface area contributed by atoms with Gasteiger partial charge in [-0.1, -0.05) is 41.9 Å². The number of hydrogen-bond donors (Lipinski definition) is 2. The fourth-order valence-corrected chi connectivity index (χ4v) is 5.27. The second-order valence-electron chi connectivity index (χ2n) is 9.00. The van der Waals surface area contributed by atoms with Crippen molar-refractivity contribution in [2.75, 3.05) is 36.5 Å². The number of hydrogen-bond acceptors (Lipinski definition) is 4. The fourth-order valence-electron chi connectivity index (χ4n) is 4.95. The topological polar surface area (TPSA) is 49.4 Å². The van der Waals surface area contributed by atoms with Crippen molar-refractivity contribution in [1.29, 1.82) is 0 Å². The predicted molar refractivity (Wildman–Crippen MR) is 143 cm³/mol. The van der Waals surface area contributed by atoms with Crippen LogP contribution in [0, 0.1) is 0 Å². The van der Waals surface area contributed by atoms with Crippen LogP contribution in [-0.4, -0.2) is 36.4 Å². The molecule has 5 rings (SSSR count). The number of rotatable bonds is 5. The molecule has 0 saturated carbocycles. The second kappa shape index (κ2) is 10.3. The number of para-hydroxylation sites is 1. The Balaban J connectivity index is 1.23. The molecule has 1 fully saturated rings. The molecule has 5 nitrogen and oxygen atoms in total. The average Bonchev–Trinajstić information content (AvgIpc) is 2.89. The summed E-state index contributed by atoms with van der Waals surface area (Å²) < 4.78 is 5.64. The van der Waals surface area contributed by atoms with Crippen molar-refractivity contribution in [3.8, 4) is 0 Å². The maximum absolute atomic E-state index is 6.12. The molecule has 2 aromatic carbocycles. The van der Waals surface area contributed by atoms with Crippen LogP contribution < -0.4 is 15.5 Å². The van der Waals surface area contributed by atoms with E-state index in [9.17, 15) is 0 Å². The molecule has 7 heteroatoms. The zero-order chi connectivity index (χ0) is 23.4. The molecule has 3 aromatic rings. The fraction of sp³-hybridized carbons (Fsp3) is 0.333. The standard InChI is InChI=1S/C27H29ClN4OS/c28-22-9-7-21(8-10-22)27(13-16-33-17-14-27)19-30-26(34)31-23-11-12-25(29-18-23)32-15-3-5-20-4-1-2-6-24(20)32/h1-2,4,6-12,18H,3,5,13-17,19H2,(H2,30,31,34). The first kappa shape index (κ1) is 23.1. The Kier molecular flexibility index (Phi) is 6.99. The molecule has 1 aromatic heterocycles. The Hall–Kier alpha value is -2.67. The summed E-state index contributed by atoms with van der Waals surface area (Å²) in [4.78, 5) is 7.01. The Labute approximate surface area is 211 Å². The largest absolute Gasteiger partial charge is 0.381 e. The number of anilines is 3. The Bertz CT molecular complexity index is 1130. The van der Waals surface area contributed by atoms with Gasteiger partial charge in [-0.05, 0) is 79.4 Å². The number of halogens is 1. The van der Waals surface area contributed by atoms with Crippen LogP contribution >= 0.6 is 23.8 Å². The molecular weight excluding hydrogens is 464 g/mol. The van der Waals surface area contributed by atoms with E-state index in [-0.39, 0.29) is 5.41 Å². The highest BCUT2D eigenvalue weighted by Gasteiger charge is 2.34. The number of ether oxygens (including phenoxy) is 1. The first-order valence-electron chi connectivity index (χ1n) is 11.8. The molecule has 0 aliphatic carbocycles. The van der Waals surface area contributed by atoms with Crippen molar-refractivity contribution in [3.05, 3.63) is 83.0 Å². The first-order chi connectivity index (χ1) is 16.6. The smallest absolute Gasteiger partial charge is 0.170 e. The van der Waals surface area contributed by atoms with E-state index < -0.39 is 0 Å². The van der Waals surface area contributed by atoms with Crippen molar-refractivity contribution in [3.63, 3.8) is 0 Å². The lowest BCUT2D eigenvalue weighted by Crippen LogP contribution is -2.45. The summed E-state index contributed by atoms with van der Waals surface area (Å²) >= 11 is 11.7. The molecule has 0 unspecified atom stereocenters. The molecule has 0 amide bonds. The Morgan fingerprint density at radius 1 is 1.06 bits per heavy atom. The minimum atomic E-state index is -0.0294. The van der Waals surface area contributed by atoms with Gasteiger partial charge in [0, 0.05) is 42.4 Å². The second-order valence-corrected chi connectivity index (χ2v) is 9.84. The lowest BCUT2D eigenvalue weighted by atomic mass is 9.74. The molecule has 2 N–H and O–H groups in total. The van der Waals surface area contributed by atoms with E-state index in [1.54, 1.807) is 0 Å². The molecule has 0 atom stereocenters. The number of aryl methyl sites for hydroxylation is 1. The number of aromatic nitrogens is 1. The quantitative estimate of drug-likeness (QED) is 0.435. The third-order valence-electron chi connectivity index (χ3n) is 6.89. The lowest BCUT2D eigenvalue weighted by Gasteiger charge is -2.38. The van der Waals surface area contributed by atoms with Gasteiger partial charge in [-0.3, -0.25) is 0 Å². The van der Waals surface area contributed by atoms with Crippen LogP contribution in [0.15, 0.2) is 66.9 Å². The number of fused-ring (bicyclic) bond motifs is 1. The maximum atomic E-state index is 6.12. The number of thiocarbonyl (C=S) groups is 1. The van der Waals surface area contributed by atoms with Crippen molar-refractivity contribution in [2.45, 2.75) is 31.1 Å². The predicted octanol–water partition coefficient (Wildman–Crippen LogP) is 5.85. The van der Waals surface area contributed by atoms with E-state index in [2.05, 4.69) is 58.0 Å². The van der Waals surface area contributed by atoms with E-state index in [4.69, 9.17) is 33.5 Å². The van der Waals surface area contributed by atoms with Crippen LogP contribution in [0.3, 0.4) is 0 Å². The number of benzene rings is 2. The van der Waals surface area contributed by atoms with Gasteiger partial charge in [0.1, 0.15) is 5.82 Å². The molecule has 2 aliphatic heterocycles. The third kappa shape index (κ3) is 5.04. The Morgan fingerprint density at radius 2 is 1.85 bits per heavy atom. The third-order valence-corrected chi connectivity index (χ3v) is 7.38. The van der Waals surface area contributed by atoms with Crippen LogP contribution in [0.1, 0.15) is 30.4 Å². The highest BCUT2D eigenvalue weighted by molar-refractivity contribution is 7.80. The van der Waals surface area contributed by atoms with Gasteiger partial charge in [-0.25, -0.2) is 4.98 Å². The summed E-state index contributed by atoms with van der Waals surface area (Å²) in [5.41, 5.74) is 4.74. The van der Waals surface area contributed by atoms with Crippen LogP contribution in [0.2, 0.25) is 5.02 Å². The maximum Gasteiger partial charge on any atom is 0.170 e. The summed E-state index contributed by atoms with van der Waals surface area (Å²) in [6.07, 6.45) is 5.99. The summed E-state index contributed by atoms with van der Waals surface area (Å²) in [5.74, 6) is 0.959. The van der Waals surface area contributed by atoms with E-state index in [1.165, 1.54) is 16.8 Å². The average molecular weight is 493 g/mol. The monoisotopic (exact) mass is 492 g/mol. The zero-order valence-electron chi connectivity index (χ0n) is 19.1.